The standard InChI is InChI=1S/C24H33BrN2O2/c1-29-21-5-3-18(4-6-21)16-26-7-2-8-27(10-9-26)22(28)23-12-19-11-20(13-23)15-24(25,14-19)17-23/h3-6,19-20H,2,7-17H2,1H3. The van der Waals surface area contributed by atoms with Crippen molar-refractivity contribution in [3.63, 3.8) is 0 Å². The third-order valence-corrected chi connectivity index (χ3v) is 8.81. The van der Waals surface area contributed by atoms with Gasteiger partial charge in [-0.15, -0.1) is 0 Å². The number of halogens is 1. The average molecular weight is 461 g/mol. The summed E-state index contributed by atoms with van der Waals surface area (Å²) >= 11 is 4.07. The van der Waals surface area contributed by atoms with Crippen LogP contribution in [0.5, 0.6) is 5.75 Å². The molecule has 4 aliphatic carbocycles. The zero-order valence-electron chi connectivity index (χ0n) is 17.5. The SMILES string of the molecule is COc1ccc(CN2CCCN(C(=O)C34CC5CC(CC(Br)(C5)C3)C4)CC2)cc1. The number of alkyl halides is 1. The van der Waals surface area contributed by atoms with Crippen LogP contribution >= 0.6 is 15.9 Å². The second-order valence-corrected chi connectivity index (χ2v) is 11.8. The van der Waals surface area contributed by atoms with Crippen molar-refractivity contribution in [2.24, 2.45) is 17.3 Å². The van der Waals surface area contributed by atoms with Gasteiger partial charge in [-0.3, -0.25) is 9.69 Å². The number of ether oxygens (including phenoxy) is 1. The molecule has 0 aromatic heterocycles. The molecule has 1 aliphatic heterocycles. The van der Waals surface area contributed by atoms with Crippen molar-refractivity contribution in [2.45, 2.75) is 55.8 Å². The van der Waals surface area contributed by atoms with E-state index < -0.39 is 0 Å². The highest BCUT2D eigenvalue weighted by molar-refractivity contribution is 9.10. The Bertz CT molecular complexity index is 751. The first-order valence-electron chi connectivity index (χ1n) is 11.3. The van der Waals surface area contributed by atoms with Crippen molar-refractivity contribution in [1.82, 2.24) is 9.80 Å². The molecule has 1 aromatic carbocycles. The fraction of sp³-hybridized carbons (Fsp3) is 0.708. The van der Waals surface area contributed by atoms with Crippen molar-refractivity contribution in [1.29, 1.82) is 0 Å². The van der Waals surface area contributed by atoms with Gasteiger partial charge in [0.1, 0.15) is 5.75 Å². The molecule has 1 saturated heterocycles. The average Bonchev–Trinajstić information content (AvgIpc) is 2.91. The predicted octanol–water partition coefficient (Wildman–Crippen LogP) is 4.46. The lowest BCUT2D eigenvalue weighted by Gasteiger charge is -2.60. The van der Waals surface area contributed by atoms with Crippen molar-refractivity contribution in [3.05, 3.63) is 29.8 Å². The Morgan fingerprint density at radius 2 is 1.79 bits per heavy atom. The second-order valence-electron chi connectivity index (χ2n) is 10.2. The quantitative estimate of drug-likeness (QED) is 0.621. The summed E-state index contributed by atoms with van der Waals surface area (Å²) in [6.45, 7) is 4.79. The summed E-state index contributed by atoms with van der Waals surface area (Å²) in [6, 6.07) is 8.37. The number of benzene rings is 1. The maximum absolute atomic E-state index is 13.8. The molecule has 1 aromatic rings. The van der Waals surface area contributed by atoms with Crippen LogP contribution in [0.2, 0.25) is 0 Å². The van der Waals surface area contributed by atoms with Gasteiger partial charge in [-0.25, -0.2) is 0 Å². The molecule has 5 aliphatic rings. The highest BCUT2D eigenvalue weighted by Gasteiger charge is 2.60. The van der Waals surface area contributed by atoms with Crippen LogP contribution in [0.1, 0.15) is 50.5 Å². The van der Waals surface area contributed by atoms with Gasteiger partial charge in [-0.2, -0.15) is 0 Å². The minimum absolute atomic E-state index is 0.0707. The van der Waals surface area contributed by atoms with Crippen LogP contribution in [0.3, 0.4) is 0 Å². The number of hydrogen-bond donors (Lipinski definition) is 0. The highest BCUT2D eigenvalue weighted by Crippen LogP contribution is 2.64. The summed E-state index contributed by atoms with van der Waals surface area (Å²) in [7, 11) is 1.70. The molecule has 29 heavy (non-hydrogen) atoms. The Labute approximate surface area is 183 Å². The number of methoxy groups -OCH3 is 1. The van der Waals surface area contributed by atoms with Crippen LogP contribution < -0.4 is 4.74 Å². The van der Waals surface area contributed by atoms with Gasteiger partial charge in [-0.05, 0) is 74.5 Å². The number of amides is 1. The van der Waals surface area contributed by atoms with E-state index in [0.717, 1.165) is 76.0 Å². The molecular formula is C24H33BrN2O2. The smallest absolute Gasteiger partial charge is 0.228 e. The summed E-state index contributed by atoms with van der Waals surface area (Å²) in [5.41, 5.74) is 1.24. The molecule has 4 bridgehead atoms. The molecule has 2 atom stereocenters. The van der Waals surface area contributed by atoms with E-state index in [9.17, 15) is 4.79 Å². The van der Waals surface area contributed by atoms with Crippen LogP contribution in [-0.2, 0) is 11.3 Å². The molecule has 5 heteroatoms. The Kier molecular flexibility index (Phi) is 5.18. The van der Waals surface area contributed by atoms with E-state index in [1.54, 1.807) is 7.11 Å². The van der Waals surface area contributed by atoms with E-state index >= 15 is 0 Å². The molecule has 2 unspecified atom stereocenters. The maximum Gasteiger partial charge on any atom is 0.228 e. The lowest BCUT2D eigenvalue weighted by Crippen LogP contribution is -2.59. The van der Waals surface area contributed by atoms with E-state index in [-0.39, 0.29) is 9.74 Å². The Hall–Kier alpha value is -1.07. The van der Waals surface area contributed by atoms with Gasteiger partial charge in [0.2, 0.25) is 5.91 Å². The van der Waals surface area contributed by atoms with Crippen molar-refractivity contribution in [2.75, 3.05) is 33.3 Å². The molecule has 0 radical (unpaired) electrons. The fourth-order valence-corrected chi connectivity index (χ4v) is 8.51. The van der Waals surface area contributed by atoms with Gasteiger partial charge >= 0.3 is 0 Å². The molecule has 158 valence electrons. The van der Waals surface area contributed by atoms with Gasteiger partial charge < -0.3 is 9.64 Å². The van der Waals surface area contributed by atoms with Crippen molar-refractivity contribution >= 4 is 21.8 Å². The topological polar surface area (TPSA) is 32.8 Å². The van der Waals surface area contributed by atoms with E-state index in [1.165, 1.54) is 24.8 Å². The van der Waals surface area contributed by atoms with Crippen molar-refractivity contribution in [3.8, 4) is 5.75 Å². The molecule has 1 heterocycles. The lowest BCUT2D eigenvalue weighted by atomic mass is 9.49. The summed E-state index contributed by atoms with van der Waals surface area (Å²) in [5.74, 6) is 2.90. The first-order chi connectivity index (χ1) is 14.0. The third-order valence-electron chi connectivity index (χ3n) is 7.88. The van der Waals surface area contributed by atoms with Crippen LogP contribution in [0.15, 0.2) is 24.3 Å². The third kappa shape index (κ3) is 3.85. The van der Waals surface area contributed by atoms with Crippen LogP contribution in [0.25, 0.3) is 0 Å². The first-order valence-corrected chi connectivity index (χ1v) is 12.1. The lowest BCUT2D eigenvalue weighted by molar-refractivity contribution is -0.155. The second kappa shape index (κ2) is 7.56. The molecule has 0 spiro atoms. The summed E-state index contributed by atoms with van der Waals surface area (Å²) in [5, 5.41) is 0. The number of rotatable bonds is 4. The monoisotopic (exact) mass is 460 g/mol. The molecule has 5 fully saturated rings. The van der Waals surface area contributed by atoms with E-state index in [4.69, 9.17) is 4.74 Å². The van der Waals surface area contributed by atoms with Crippen molar-refractivity contribution < 1.29 is 9.53 Å². The minimum atomic E-state index is -0.0707. The molecular weight excluding hydrogens is 428 g/mol. The van der Waals surface area contributed by atoms with Gasteiger partial charge in [0.25, 0.3) is 0 Å². The molecule has 4 saturated carbocycles. The van der Waals surface area contributed by atoms with E-state index in [2.05, 4.69) is 37.9 Å². The summed E-state index contributed by atoms with van der Waals surface area (Å²) in [6.07, 6.45) is 8.35. The predicted molar refractivity (Wildman–Crippen MR) is 118 cm³/mol. The number of hydrogen-bond acceptors (Lipinski definition) is 3. The number of carbonyl (C=O) groups excluding carboxylic acids is 1. The fourth-order valence-electron chi connectivity index (χ4n) is 7.06. The Morgan fingerprint density at radius 1 is 1.07 bits per heavy atom. The van der Waals surface area contributed by atoms with Crippen LogP contribution in [0, 0.1) is 17.3 Å². The van der Waals surface area contributed by atoms with E-state index in [0.29, 0.717) is 5.91 Å². The summed E-state index contributed by atoms with van der Waals surface area (Å²) in [4.78, 5) is 18.5. The number of nitrogens with zero attached hydrogens (tertiary/aromatic N) is 2. The van der Waals surface area contributed by atoms with Gasteiger partial charge in [-0.1, -0.05) is 28.1 Å². The molecule has 6 rings (SSSR count). The zero-order valence-corrected chi connectivity index (χ0v) is 19.1. The normalized spacial score (nSPS) is 36.8. The maximum atomic E-state index is 13.8. The van der Waals surface area contributed by atoms with Crippen LogP contribution in [-0.4, -0.2) is 53.3 Å². The number of carbonyl (C=O) groups is 1. The first kappa shape index (κ1) is 19.9. The minimum Gasteiger partial charge on any atom is -0.497 e. The molecule has 4 nitrogen and oxygen atoms in total. The van der Waals surface area contributed by atoms with Gasteiger partial charge in [0.15, 0.2) is 0 Å². The highest BCUT2D eigenvalue weighted by atomic mass is 79.9. The van der Waals surface area contributed by atoms with Crippen LogP contribution in [0.4, 0.5) is 0 Å². The van der Waals surface area contributed by atoms with E-state index in [1.807, 2.05) is 12.1 Å². The zero-order chi connectivity index (χ0) is 20.1. The van der Waals surface area contributed by atoms with Gasteiger partial charge in [0, 0.05) is 37.0 Å². The molecule has 0 N–H and O–H groups in total. The Balaban J connectivity index is 1.23. The largest absolute Gasteiger partial charge is 0.497 e. The van der Waals surface area contributed by atoms with Gasteiger partial charge in [0.05, 0.1) is 12.5 Å². The Morgan fingerprint density at radius 3 is 2.45 bits per heavy atom. The summed E-state index contributed by atoms with van der Waals surface area (Å²) < 4.78 is 5.52. The molecule has 1 amide bonds.